The minimum Gasteiger partial charge on any atom is -0.469 e. The van der Waals surface area contributed by atoms with Gasteiger partial charge in [0, 0.05) is 5.56 Å². The van der Waals surface area contributed by atoms with Gasteiger partial charge in [0.05, 0.1) is 12.3 Å². The van der Waals surface area contributed by atoms with E-state index in [-0.39, 0.29) is 6.04 Å². The lowest BCUT2D eigenvalue weighted by Crippen LogP contribution is -2.10. The van der Waals surface area contributed by atoms with Crippen molar-refractivity contribution in [2.24, 2.45) is 5.73 Å². The van der Waals surface area contributed by atoms with Gasteiger partial charge >= 0.3 is 0 Å². The van der Waals surface area contributed by atoms with Gasteiger partial charge in [-0.25, -0.2) is 0 Å². The summed E-state index contributed by atoms with van der Waals surface area (Å²) in [5.41, 5.74) is 8.23. The fourth-order valence-electron chi connectivity index (χ4n) is 2.19. The molecule has 0 fully saturated rings. The van der Waals surface area contributed by atoms with Crippen LogP contribution in [0.15, 0.2) is 71.3 Å². The molecular weight excluding hydrogens is 262 g/mol. The van der Waals surface area contributed by atoms with Gasteiger partial charge in [0.1, 0.15) is 17.3 Å². The normalized spacial score (nSPS) is 12.1. The van der Waals surface area contributed by atoms with Crippen LogP contribution in [0.1, 0.15) is 22.9 Å². The van der Waals surface area contributed by atoms with Crippen LogP contribution < -0.4 is 10.5 Å². The molecule has 0 saturated heterocycles. The molecule has 0 radical (unpaired) electrons. The number of benzene rings is 2. The second kappa shape index (κ2) is 5.85. The number of hydrogen-bond donors (Lipinski definition) is 1. The van der Waals surface area contributed by atoms with Crippen LogP contribution in [0.2, 0.25) is 0 Å². The predicted molar refractivity (Wildman–Crippen MR) is 82.4 cm³/mol. The summed E-state index contributed by atoms with van der Waals surface area (Å²) in [7, 11) is 0. The molecular formula is C18H17NO2. The number of aryl methyl sites for hydroxylation is 1. The maximum Gasteiger partial charge on any atom is 0.127 e. The van der Waals surface area contributed by atoms with E-state index in [2.05, 4.69) is 0 Å². The standard InChI is InChI=1S/C18H17NO2/c1-13-11-15(12-20-13)18(19)14-7-9-17(10-8-14)21-16-5-3-2-4-6-16/h2-12,18H,19H2,1H3. The van der Waals surface area contributed by atoms with E-state index in [9.17, 15) is 0 Å². The highest BCUT2D eigenvalue weighted by molar-refractivity contribution is 5.36. The number of ether oxygens (including phenoxy) is 1. The zero-order valence-corrected chi connectivity index (χ0v) is 11.8. The van der Waals surface area contributed by atoms with Crippen molar-refractivity contribution < 1.29 is 9.15 Å². The minimum atomic E-state index is -0.187. The van der Waals surface area contributed by atoms with Crippen LogP contribution >= 0.6 is 0 Å². The van der Waals surface area contributed by atoms with Crippen molar-refractivity contribution in [2.45, 2.75) is 13.0 Å². The van der Waals surface area contributed by atoms with Gasteiger partial charge in [0.2, 0.25) is 0 Å². The third-order valence-corrected chi connectivity index (χ3v) is 3.33. The smallest absolute Gasteiger partial charge is 0.127 e. The van der Waals surface area contributed by atoms with Crippen LogP contribution in [0.3, 0.4) is 0 Å². The van der Waals surface area contributed by atoms with Crippen molar-refractivity contribution in [2.75, 3.05) is 0 Å². The van der Waals surface area contributed by atoms with E-state index in [0.717, 1.165) is 28.4 Å². The number of nitrogens with two attached hydrogens (primary N) is 1. The number of para-hydroxylation sites is 1. The van der Waals surface area contributed by atoms with Crippen molar-refractivity contribution in [3.63, 3.8) is 0 Å². The fraction of sp³-hybridized carbons (Fsp3) is 0.111. The molecule has 3 rings (SSSR count). The van der Waals surface area contributed by atoms with Crippen molar-refractivity contribution in [3.05, 3.63) is 83.8 Å². The van der Waals surface area contributed by atoms with Crippen molar-refractivity contribution >= 4 is 0 Å². The first kappa shape index (κ1) is 13.5. The average Bonchev–Trinajstić information content (AvgIpc) is 2.95. The number of rotatable bonds is 4. The molecule has 1 atom stereocenters. The van der Waals surface area contributed by atoms with Crippen molar-refractivity contribution in [1.29, 1.82) is 0 Å². The second-order valence-electron chi connectivity index (χ2n) is 4.95. The molecule has 0 spiro atoms. The van der Waals surface area contributed by atoms with Gasteiger partial charge in [-0.3, -0.25) is 0 Å². The summed E-state index contributed by atoms with van der Waals surface area (Å²) in [5, 5.41) is 0. The molecule has 3 aromatic rings. The first-order chi connectivity index (χ1) is 10.2. The highest BCUT2D eigenvalue weighted by atomic mass is 16.5. The van der Waals surface area contributed by atoms with Gasteiger partial charge in [-0.05, 0) is 42.8 Å². The Morgan fingerprint density at radius 2 is 1.57 bits per heavy atom. The van der Waals surface area contributed by atoms with Gasteiger partial charge in [0.25, 0.3) is 0 Å². The number of hydrogen-bond acceptors (Lipinski definition) is 3. The largest absolute Gasteiger partial charge is 0.469 e. The van der Waals surface area contributed by atoms with E-state index in [1.165, 1.54) is 0 Å². The Kier molecular flexibility index (Phi) is 3.75. The third kappa shape index (κ3) is 3.15. The van der Waals surface area contributed by atoms with Crippen LogP contribution in [0.5, 0.6) is 11.5 Å². The van der Waals surface area contributed by atoms with E-state index in [0.29, 0.717) is 0 Å². The lowest BCUT2D eigenvalue weighted by Gasteiger charge is -2.11. The lowest BCUT2D eigenvalue weighted by atomic mass is 10.0. The molecule has 3 nitrogen and oxygen atoms in total. The summed E-state index contributed by atoms with van der Waals surface area (Å²) in [4.78, 5) is 0. The lowest BCUT2D eigenvalue weighted by molar-refractivity contribution is 0.482. The SMILES string of the molecule is Cc1cc(C(N)c2ccc(Oc3ccccc3)cc2)co1. The van der Waals surface area contributed by atoms with Crippen LogP contribution in [-0.4, -0.2) is 0 Å². The zero-order valence-electron chi connectivity index (χ0n) is 11.8. The monoisotopic (exact) mass is 279 g/mol. The van der Waals surface area contributed by atoms with Crippen LogP contribution in [0.4, 0.5) is 0 Å². The summed E-state index contributed by atoms with van der Waals surface area (Å²) in [6.45, 7) is 1.91. The highest BCUT2D eigenvalue weighted by Crippen LogP contribution is 2.25. The molecule has 0 aliphatic carbocycles. The summed E-state index contributed by atoms with van der Waals surface area (Å²) in [6.07, 6.45) is 1.70. The zero-order chi connectivity index (χ0) is 14.7. The molecule has 0 saturated carbocycles. The molecule has 3 heteroatoms. The second-order valence-corrected chi connectivity index (χ2v) is 4.95. The van der Waals surface area contributed by atoms with E-state index in [4.69, 9.17) is 14.9 Å². The van der Waals surface area contributed by atoms with E-state index >= 15 is 0 Å². The van der Waals surface area contributed by atoms with Crippen LogP contribution in [0, 0.1) is 6.92 Å². The Morgan fingerprint density at radius 1 is 0.905 bits per heavy atom. The quantitative estimate of drug-likeness (QED) is 0.768. The molecule has 0 bridgehead atoms. The van der Waals surface area contributed by atoms with E-state index < -0.39 is 0 Å². The topological polar surface area (TPSA) is 48.4 Å². The Morgan fingerprint density at radius 3 is 2.19 bits per heavy atom. The molecule has 1 unspecified atom stereocenters. The molecule has 1 heterocycles. The molecule has 2 aromatic carbocycles. The summed E-state index contributed by atoms with van der Waals surface area (Å²) >= 11 is 0. The van der Waals surface area contributed by atoms with Gasteiger partial charge in [-0.15, -0.1) is 0 Å². The van der Waals surface area contributed by atoms with Crippen LogP contribution in [-0.2, 0) is 0 Å². The summed E-state index contributed by atoms with van der Waals surface area (Å²) in [6, 6.07) is 19.3. The Labute approximate surface area is 124 Å². The first-order valence-corrected chi connectivity index (χ1v) is 6.86. The summed E-state index contributed by atoms with van der Waals surface area (Å²) in [5.74, 6) is 2.48. The Balaban J connectivity index is 1.75. The first-order valence-electron chi connectivity index (χ1n) is 6.86. The highest BCUT2D eigenvalue weighted by Gasteiger charge is 2.11. The van der Waals surface area contributed by atoms with Crippen molar-refractivity contribution in [1.82, 2.24) is 0 Å². The maximum atomic E-state index is 6.23. The molecule has 0 amide bonds. The minimum absolute atomic E-state index is 0.187. The van der Waals surface area contributed by atoms with Gasteiger partial charge in [-0.1, -0.05) is 30.3 Å². The van der Waals surface area contributed by atoms with Crippen LogP contribution in [0.25, 0.3) is 0 Å². The fourth-order valence-corrected chi connectivity index (χ4v) is 2.19. The molecule has 0 aliphatic heterocycles. The molecule has 21 heavy (non-hydrogen) atoms. The van der Waals surface area contributed by atoms with E-state index in [1.807, 2.05) is 67.6 Å². The van der Waals surface area contributed by atoms with Gasteiger partial charge in [-0.2, -0.15) is 0 Å². The molecule has 1 aromatic heterocycles. The molecule has 2 N–H and O–H groups in total. The van der Waals surface area contributed by atoms with E-state index in [1.54, 1.807) is 6.26 Å². The van der Waals surface area contributed by atoms with Gasteiger partial charge < -0.3 is 14.9 Å². The Bertz CT molecular complexity index is 702. The van der Waals surface area contributed by atoms with Gasteiger partial charge in [0.15, 0.2) is 0 Å². The average molecular weight is 279 g/mol. The third-order valence-electron chi connectivity index (χ3n) is 3.33. The maximum absolute atomic E-state index is 6.23. The summed E-state index contributed by atoms with van der Waals surface area (Å²) < 4.78 is 11.1. The molecule has 0 aliphatic rings. The predicted octanol–water partition coefficient (Wildman–Crippen LogP) is 4.43. The molecule has 106 valence electrons. The van der Waals surface area contributed by atoms with Crippen molar-refractivity contribution in [3.8, 4) is 11.5 Å². The Hall–Kier alpha value is -2.52. The number of furan rings is 1.